The molecular weight excluding hydrogens is 516 g/mol. The molecule has 39 heavy (non-hydrogen) atoms. The first-order valence-corrected chi connectivity index (χ1v) is 12.9. The zero-order chi connectivity index (χ0) is 27.3. The number of aromatic nitrogens is 3. The summed E-state index contributed by atoms with van der Waals surface area (Å²) in [6.45, 7) is 1.95. The van der Waals surface area contributed by atoms with E-state index in [1.165, 1.54) is 23.3 Å². The number of ether oxygens (including phenoxy) is 1. The molecule has 0 spiro atoms. The Morgan fingerprint density at radius 3 is 2.56 bits per heavy atom. The van der Waals surface area contributed by atoms with E-state index < -0.39 is 29.5 Å². The van der Waals surface area contributed by atoms with E-state index in [-0.39, 0.29) is 12.1 Å². The highest BCUT2D eigenvalue weighted by Gasteiger charge is 2.44. The van der Waals surface area contributed by atoms with Crippen LogP contribution in [0.3, 0.4) is 0 Å². The van der Waals surface area contributed by atoms with Crippen LogP contribution in [0.2, 0.25) is 0 Å². The van der Waals surface area contributed by atoms with Crippen molar-refractivity contribution in [1.82, 2.24) is 19.3 Å². The molecule has 1 unspecified atom stereocenters. The third kappa shape index (κ3) is 3.96. The maximum Gasteiger partial charge on any atom is 0.337 e. The minimum atomic E-state index is -0.887. The number of benzene rings is 2. The SMILES string of the molecule is COC(=O)c1ccc(C2C(C(=O)c3sc4nc5ccccc5n4c3C)=C(O)C(=O)N2Cc2cccnc2)cc1. The fraction of sp³-hybridized carbons (Fsp3) is 0.138. The number of fused-ring (bicyclic) bond motifs is 3. The van der Waals surface area contributed by atoms with Crippen LogP contribution >= 0.6 is 11.3 Å². The molecule has 1 aliphatic rings. The lowest BCUT2D eigenvalue weighted by molar-refractivity contribution is -0.130. The molecule has 6 rings (SSSR count). The van der Waals surface area contributed by atoms with Crippen LogP contribution in [0, 0.1) is 6.92 Å². The van der Waals surface area contributed by atoms with Gasteiger partial charge in [-0.15, -0.1) is 0 Å². The number of amides is 1. The van der Waals surface area contributed by atoms with Gasteiger partial charge in [-0.2, -0.15) is 0 Å². The predicted octanol–water partition coefficient (Wildman–Crippen LogP) is 4.82. The van der Waals surface area contributed by atoms with Crippen molar-refractivity contribution in [3.63, 3.8) is 0 Å². The Balaban J connectivity index is 1.46. The number of hydrogen-bond donors (Lipinski definition) is 1. The zero-order valence-corrected chi connectivity index (χ0v) is 21.8. The van der Waals surface area contributed by atoms with E-state index in [4.69, 9.17) is 4.74 Å². The molecule has 1 amide bonds. The van der Waals surface area contributed by atoms with Crippen LogP contribution in [0.4, 0.5) is 0 Å². The van der Waals surface area contributed by atoms with Crippen LogP contribution in [0.25, 0.3) is 16.0 Å². The first kappa shape index (κ1) is 24.5. The van der Waals surface area contributed by atoms with E-state index in [2.05, 4.69) is 9.97 Å². The van der Waals surface area contributed by atoms with Crippen molar-refractivity contribution in [2.45, 2.75) is 19.5 Å². The fourth-order valence-electron chi connectivity index (χ4n) is 5.00. The van der Waals surface area contributed by atoms with Crippen LogP contribution in [0.5, 0.6) is 0 Å². The topological polar surface area (TPSA) is 114 Å². The Labute approximate surface area is 226 Å². The number of aryl methyl sites for hydroxylation is 1. The number of thiazole rings is 1. The number of aliphatic hydroxyl groups excluding tert-OH is 1. The maximum absolute atomic E-state index is 14.1. The van der Waals surface area contributed by atoms with Crippen molar-refractivity contribution in [3.05, 3.63) is 112 Å². The van der Waals surface area contributed by atoms with Gasteiger partial charge in [-0.25, -0.2) is 9.78 Å². The smallest absolute Gasteiger partial charge is 0.337 e. The summed E-state index contributed by atoms with van der Waals surface area (Å²) in [7, 11) is 1.29. The molecule has 0 fully saturated rings. The monoisotopic (exact) mass is 538 g/mol. The average Bonchev–Trinajstić information content (AvgIpc) is 3.57. The number of nitrogens with zero attached hydrogens (tertiary/aromatic N) is 4. The van der Waals surface area contributed by atoms with Crippen molar-refractivity contribution in [3.8, 4) is 0 Å². The summed E-state index contributed by atoms with van der Waals surface area (Å²) in [6.07, 6.45) is 3.26. The molecule has 194 valence electrons. The highest BCUT2D eigenvalue weighted by atomic mass is 32.1. The Morgan fingerprint density at radius 1 is 1.08 bits per heavy atom. The summed E-state index contributed by atoms with van der Waals surface area (Å²) >= 11 is 1.22. The van der Waals surface area contributed by atoms with Crippen molar-refractivity contribution in [2.24, 2.45) is 0 Å². The molecular formula is C29H22N4O5S. The lowest BCUT2D eigenvalue weighted by Crippen LogP contribution is -2.30. The summed E-state index contributed by atoms with van der Waals surface area (Å²) in [5, 5.41) is 11.1. The second-order valence-electron chi connectivity index (χ2n) is 9.14. The molecule has 10 heteroatoms. The van der Waals surface area contributed by atoms with Gasteiger partial charge >= 0.3 is 5.97 Å². The number of ketones is 1. The van der Waals surface area contributed by atoms with E-state index in [9.17, 15) is 19.5 Å². The van der Waals surface area contributed by atoms with Gasteiger partial charge in [0.15, 0.2) is 10.7 Å². The van der Waals surface area contributed by atoms with Gasteiger partial charge in [-0.1, -0.05) is 41.7 Å². The van der Waals surface area contributed by atoms with Crippen LogP contribution < -0.4 is 0 Å². The molecule has 1 aliphatic heterocycles. The van der Waals surface area contributed by atoms with Gasteiger partial charge in [0.05, 0.1) is 40.2 Å². The quantitative estimate of drug-likeness (QED) is 0.244. The number of esters is 1. The van der Waals surface area contributed by atoms with Crippen LogP contribution in [0.1, 0.15) is 42.9 Å². The van der Waals surface area contributed by atoms with Crippen LogP contribution in [0.15, 0.2) is 84.4 Å². The van der Waals surface area contributed by atoms with E-state index in [0.717, 1.165) is 16.6 Å². The molecule has 2 aromatic carbocycles. The van der Waals surface area contributed by atoms with Crippen molar-refractivity contribution in [1.29, 1.82) is 0 Å². The molecule has 0 aliphatic carbocycles. The normalized spacial score (nSPS) is 15.5. The number of pyridine rings is 1. The van der Waals surface area contributed by atoms with Gasteiger partial charge in [-0.05, 0) is 48.4 Å². The number of rotatable bonds is 6. The maximum atomic E-state index is 14.1. The zero-order valence-electron chi connectivity index (χ0n) is 21.0. The number of aliphatic hydroxyl groups is 1. The van der Waals surface area contributed by atoms with Gasteiger partial charge in [0, 0.05) is 24.6 Å². The first-order valence-electron chi connectivity index (χ1n) is 12.1. The number of carbonyl (C=O) groups excluding carboxylic acids is 3. The largest absolute Gasteiger partial charge is 0.503 e. The van der Waals surface area contributed by atoms with Gasteiger partial charge in [0.25, 0.3) is 5.91 Å². The third-order valence-electron chi connectivity index (χ3n) is 6.87. The molecule has 5 aromatic rings. The van der Waals surface area contributed by atoms with Crippen LogP contribution in [-0.2, 0) is 16.1 Å². The van der Waals surface area contributed by atoms with Gasteiger partial charge in [0.1, 0.15) is 0 Å². The Morgan fingerprint density at radius 2 is 1.85 bits per heavy atom. The Hall–Kier alpha value is -4.83. The van der Waals surface area contributed by atoms with E-state index in [1.807, 2.05) is 41.7 Å². The van der Waals surface area contributed by atoms with Crippen molar-refractivity contribution < 1.29 is 24.2 Å². The molecule has 0 saturated carbocycles. The van der Waals surface area contributed by atoms with E-state index in [1.54, 1.807) is 42.7 Å². The lowest BCUT2D eigenvalue weighted by Gasteiger charge is -2.27. The molecule has 4 heterocycles. The number of para-hydroxylation sites is 2. The number of Topliss-reactive ketones (excluding diaryl/α,β-unsaturated/α-hetero) is 1. The molecule has 9 nitrogen and oxygen atoms in total. The summed E-state index contributed by atoms with van der Waals surface area (Å²) in [4.78, 5) is 50.8. The lowest BCUT2D eigenvalue weighted by atomic mass is 9.94. The molecule has 1 atom stereocenters. The van der Waals surface area contributed by atoms with E-state index in [0.29, 0.717) is 26.7 Å². The summed E-state index contributed by atoms with van der Waals surface area (Å²) in [6, 6.07) is 16.8. The number of carbonyl (C=O) groups is 3. The molecule has 3 aromatic heterocycles. The third-order valence-corrected chi connectivity index (χ3v) is 8.01. The minimum Gasteiger partial charge on any atom is -0.503 e. The fourth-order valence-corrected chi connectivity index (χ4v) is 6.09. The number of hydrogen-bond acceptors (Lipinski definition) is 8. The standard InChI is InChI=1S/C29H22N4O5S/c1-16-26(39-29-31-20-7-3-4-8-21(20)33(16)29)24(34)22-23(18-9-11-19(12-10-18)28(37)38-2)32(27(36)25(22)35)15-17-6-5-13-30-14-17/h3-14,23,35H,15H2,1-2H3. The number of imidazole rings is 1. The summed E-state index contributed by atoms with van der Waals surface area (Å²) in [5.74, 6) is -2.21. The predicted molar refractivity (Wildman–Crippen MR) is 145 cm³/mol. The van der Waals surface area contributed by atoms with Crippen molar-refractivity contribution in [2.75, 3.05) is 7.11 Å². The van der Waals surface area contributed by atoms with E-state index >= 15 is 0 Å². The van der Waals surface area contributed by atoms with Crippen LogP contribution in [-0.4, -0.2) is 49.1 Å². The highest BCUT2D eigenvalue weighted by molar-refractivity contribution is 7.19. The summed E-state index contributed by atoms with van der Waals surface area (Å²) < 4.78 is 6.71. The summed E-state index contributed by atoms with van der Waals surface area (Å²) in [5.41, 5.74) is 3.97. The molecule has 0 saturated heterocycles. The second kappa shape index (κ2) is 9.48. The number of methoxy groups -OCH3 is 1. The van der Waals surface area contributed by atoms with Gasteiger partial charge in [-0.3, -0.25) is 19.0 Å². The first-order chi connectivity index (χ1) is 18.9. The second-order valence-corrected chi connectivity index (χ2v) is 10.1. The minimum absolute atomic E-state index is 0.0217. The Kier molecular flexibility index (Phi) is 5.96. The highest BCUT2D eigenvalue weighted by Crippen LogP contribution is 2.41. The molecule has 1 N–H and O–H groups in total. The molecule has 0 bridgehead atoms. The van der Waals surface area contributed by atoms with Gasteiger partial charge in [0.2, 0.25) is 5.78 Å². The average molecular weight is 539 g/mol. The molecule has 0 radical (unpaired) electrons. The van der Waals surface area contributed by atoms with Crippen molar-refractivity contribution >= 4 is 45.0 Å². The van der Waals surface area contributed by atoms with Gasteiger partial charge < -0.3 is 14.7 Å². The Bertz CT molecular complexity index is 1800.